The molecule has 0 radical (unpaired) electrons. The molecule has 7 heteroatoms. The van der Waals surface area contributed by atoms with Crippen molar-refractivity contribution in [2.24, 2.45) is 0 Å². The molecular weight excluding hydrogens is 394 g/mol. The third-order valence-electron chi connectivity index (χ3n) is 4.66. The van der Waals surface area contributed by atoms with Gasteiger partial charge in [0.05, 0.1) is 19.2 Å². The average molecular weight is 422 g/mol. The molecule has 158 valence electrons. The molecule has 1 aliphatic rings. The molecule has 6 nitrogen and oxygen atoms in total. The van der Waals surface area contributed by atoms with Gasteiger partial charge < -0.3 is 19.5 Å². The van der Waals surface area contributed by atoms with Gasteiger partial charge in [0, 0.05) is 12.6 Å². The van der Waals surface area contributed by atoms with Gasteiger partial charge in [-0.2, -0.15) is 0 Å². The van der Waals surface area contributed by atoms with E-state index in [1.54, 1.807) is 19.1 Å². The largest absolute Gasteiger partial charge is 0.493 e. The molecule has 0 saturated carbocycles. The lowest BCUT2D eigenvalue weighted by atomic mass is 9.97. The Balaban J connectivity index is 1.83. The van der Waals surface area contributed by atoms with Crippen molar-refractivity contribution >= 4 is 29.6 Å². The Morgan fingerprint density at radius 1 is 1.24 bits per heavy atom. The minimum atomic E-state index is -0.874. The molecule has 29 heavy (non-hydrogen) atoms. The van der Waals surface area contributed by atoms with Crippen molar-refractivity contribution in [2.45, 2.75) is 45.1 Å². The summed E-state index contributed by atoms with van der Waals surface area (Å²) in [7, 11) is 3.00. The predicted molar refractivity (Wildman–Crippen MR) is 113 cm³/mol. The van der Waals surface area contributed by atoms with Gasteiger partial charge in [-0.3, -0.25) is 4.79 Å². The number of ether oxygens (including phenoxy) is 3. The molecule has 2 rings (SSSR count). The number of carbonyl (C=O) groups excluding carboxylic acids is 2. The smallest absolute Gasteiger partial charge is 0.331 e. The summed E-state index contributed by atoms with van der Waals surface area (Å²) in [5, 5.41) is 3.18. The molecular formula is C22H28ClNO5. The number of halogens is 1. The molecule has 0 unspecified atom stereocenters. The SMILES string of the molecule is COc1cc(/C=C/C(=O)O[C@@H](C)C(=O)NCCC2=CCCCC2)cc(Cl)c1OC. The average Bonchev–Trinajstić information content (AvgIpc) is 2.72. The van der Waals surface area contributed by atoms with Crippen LogP contribution in [0.2, 0.25) is 5.02 Å². The summed E-state index contributed by atoms with van der Waals surface area (Å²) in [6, 6.07) is 3.33. The standard InChI is InChI=1S/C22H28ClNO5/c1-15(22(26)24-12-11-16-7-5-4-6-8-16)29-20(25)10-9-17-13-18(23)21(28-3)19(14-17)27-2/h7,9-10,13-15H,4-6,8,11-12H2,1-3H3,(H,24,26)/b10-9+/t15-/m0/s1. The Hall–Kier alpha value is -2.47. The van der Waals surface area contributed by atoms with Gasteiger partial charge in [0.25, 0.3) is 5.91 Å². The van der Waals surface area contributed by atoms with Gasteiger partial charge in [-0.1, -0.05) is 23.3 Å². The molecule has 1 amide bonds. The monoisotopic (exact) mass is 421 g/mol. The van der Waals surface area contributed by atoms with E-state index in [1.807, 2.05) is 0 Å². The second-order valence-corrected chi connectivity index (χ2v) is 7.21. The first-order chi connectivity index (χ1) is 13.9. The number of carbonyl (C=O) groups is 2. The first-order valence-corrected chi connectivity index (χ1v) is 10.1. The second-order valence-electron chi connectivity index (χ2n) is 6.80. The molecule has 0 bridgehead atoms. The number of allylic oxidation sites excluding steroid dienone is 1. The molecule has 1 aromatic rings. The summed E-state index contributed by atoms with van der Waals surface area (Å²) in [5.41, 5.74) is 2.03. The lowest BCUT2D eigenvalue weighted by molar-refractivity contribution is -0.150. The first-order valence-electron chi connectivity index (χ1n) is 9.70. The molecule has 1 N–H and O–H groups in total. The summed E-state index contributed by atoms with van der Waals surface area (Å²) in [6.07, 6.45) is 9.68. The Morgan fingerprint density at radius 3 is 2.69 bits per heavy atom. The highest BCUT2D eigenvalue weighted by Gasteiger charge is 2.16. The van der Waals surface area contributed by atoms with Crippen LogP contribution in [0.15, 0.2) is 29.9 Å². The van der Waals surface area contributed by atoms with Crippen LogP contribution < -0.4 is 14.8 Å². The van der Waals surface area contributed by atoms with Crippen LogP contribution in [0, 0.1) is 0 Å². The molecule has 1 atom stereocenters. The number of esters is 1. The third-order valence-corrected chi connectivity index (χ3v) is 4.94. The predicted octanol–water partition coefficient (Wildman–Crippen LogP) is 4.31. The van der Waals surface area contributed by atoms with E-state index in [4.69, 9.17) is 25.8 Å². The fraction of sp³-hybridized carbons (Fsp3) is 0.455. The summed E-state index contributed by atoms with van der Waals surface area (Å²) < 4.78 is 15.6. The lowest BCUT2D eigenvalue weighted by Crippen LogP contribution is -2.36. The van der Waals surface area contributed by atoms with Crippen molar-refractivity contribution in [2.75, 3.05) is 20.8 Å². The van der Waals surface area contributed by atoms with Crippen molar-refractivity contribution in [1.29, 1.82) is 0 Å². The normalized spacial score (nSPS) is 14.8. The number of nitrogens with one attached hydrogen (secondary N) is 1. The van der Waals surface area contributed by atoms with Crippen LogP contribution >= 0.6 is 11.6 Å². The zero-order chi connectivity index (χ0) is 21.2. The molecule has 0 aromatic heterocycles. The summed E-state index contributed by atoms with van der Waals surface area (Å²) in [5.74, 6) is -0.0529. The van der Waals surface area contributed by atoms with E-state index in [1.165, 1.54) is 44.8 Å². The van der Waals surface area contributed by atoms with E-state index in [0.29, 0.717) is 28.6 Å². The Bertz CT molecular complexity index is 788. The molecule has 1 aliphatic carbocycles. The van der Waals surface area contributed by atoms with Crippen molar-refractivity contribution in [3.05, 3.63) is 40.4 Å². The maximum absolute atomic E-state index is 12.1. The van der Waals surface area contributed by atoms with E-state index in [-0.39, 0.29) is 5.91 Å². The van der Waals surface area contributed by atoms with Crippen molar-refractivity contribution in [3.63, 3.8) is 0 Å². The maximum Gasteiger partial charge on any atom is 0.331 e. The zero-order valence-electron chi connectivity index (χ0n) is 17.1. The highest BCUT2D eigenvalue weighted by atomic mass is 35.5. The van der Waals surface area contributed by atoms with E-state index in [9.17, 15) is 9.59 Å². The van der Waals surface area contributed by atoms with Crippen LogP contribution in [-0.4, -0.2) is 38.7 Å². The fourth-order valence-corrected chi connectivity index (χ4v) is 3.38. The van der Waals surface area contributed by atoms with E-state index >= 15 is 0 Å². The van der Waals surface area contributed by atoms with Crippen LogP contribution in [0.4, 0.5) is 0 Å². The van der Waals surface area contributed by atoms with Gasteiger partial charge in [-0.15, -0.1) is 0 Å². The second kappa shape index (κ2) is 11.5. The van der Waals surface area contributed by atoms with Crippen molar-refractivity contribution < 1.29 is 23.8 Å². The Labute approximate surface area is 176 Å². The first kappa shape index (κ1) is 22.8. The minimum Gasteiger partial charge on any atom is -0.493 e. The van der Waals surface area contributed by atoms with Crippen LogP contribution in [-0.2, 0) is 14.3 Å². The third kappa shape index (κ3) is 7.13. The Kier molecular flexibility index (Phi) is 9.06. The van der Waals surface area contributed by atoms with Crippen LogP contribution in [0.5, 0.6) is 11.5 Å². The molecule has 0 spiro atoms. The zero-order valence-corrected chi connectivity index (χ0v) is 17.9. The van der Waals surface area contributed by atoms with E-state index in [0.717, 1.165) is 19.3 Å². The van der Waals surface area contributed by atoms with Gasteiger partial charge in [0.15, 0.2) is 17.6 Å². The number of benzene rings is 1. The highest BCUT2D eigenvalue weighted by Crippen LogP contribution is 2.36. The summed E-state index contributed by atoms with van der Waals surface area (Å²) in [4.78, 5) is 24.1. The molecule has 0 fully saturated rings. The Morgan fingerprint density at radius 2 is 2.03 bits per heavy atom. The molecule has 0 saturated heterocycles. The summed E-state index contributed by atoms with van der Waals surface area (Å²) >= 11 is 6.15. The van der Waals surface area contributed by atoms with E-state index in [2.05, 4.69) is 11.4 Å². The number of methoxy groups -OCH3 is 2. The van der Waals surface area contributed by atoms with Gasteiger partial charge in [0.1, 0.15) is 0 Å². The van der Waals surface area contributed by atoms with Crippen LogP contribution in [0.1, 0.15) is 44.6 Å². The molecule has 0 aliphatic heterocycles. The molecule has 1 aromatic carbocycles. The number of amides is 1. The number of rotatable bonds is 9. The maximum atomic E-state index is 12.1. The highest BCUT2D eigenvalue weighted by molar-refractivity contribution is 6.32. The van der Waals surface area contributed by atoms with Gasteiger partial charge in [-0.05, 0) is 62.8 Å². The quantitative estimate of drug-likeness (QED) is 0.365. The van der Waals surface area contributed by atoms with Gasteiger partial charge in [-0.25, -0.2) is 4.79 Å². The minimum absolute atomic E-state index is 0.308. The van der Waals surface area contributed by atoms with E-state index < -0.39 is 12.1 Å². The van der Waals surface area contributed by atoms with Crippen LogP contribution in [0.3, 0.4) is 0 Å². The van der Waals surface area contributed by atoms with Gasteiger partial charge >= 0.3 is 5.97 Å². The van der Waals surface area contributed by atoms with Crippen molar-refractivity contribution in [3.8, 4) is 11.5 Å². The van der Waals surface area contributed by atoms with Crippen molar-refractivity contribution in [1.82, 2.24) is 5.32 Å². The molecule has 0 heterocycles. The number of hydrogen-bond acceptors (Lipinski definition) is 5. The number of hydrogen-bond donors (Lipinski definition) is 1. The fourth-order valence-electron chi connectivity index (χ4n) is 3.09. The van der Waals surface area contributed by atoms with Crippen LogP contribution in [0.25, 0.3) is 6.08 Å². The topological polar surface area (TPSA) is 73.9 Å². The summed E-state index contributed by atoms with van der Waals surface area (Å²) in [6.45, 7) is 2.10. The lowest BCUT2D eigenvalue weighted by Gasteiger charge is -2.15. The van der Waals surface area contributed by atoms with Gasteiger partial charge in [0.2, 0.25) is 0 Å².